The molecule has 1 heterocycles. The van der Waals surface area contributed by atoms with Gasteiger partial charge in [0.25, 0.3) is 16.8 Å². The summed E-state index contributed by atoms with van der Waals surface area (Å²) in [6, 6.07) is 22.3. The van der Waals surface area contributed by atoms with Gasteiger partial charge in [-0.05, 0) is 79.9 Å². The molecule has 0 N–H and O–H groups in total. The van der Waals surface area contributed by atoms with E-state index in [0.29, 0.717) is 5.56 Å². The molecule has 0 bridgehead atoms. The molecule has 0 saturated carbocycles. The fourth-order valence-corrected chi connectivity index (χ4v) is 6.33. The number of halogens is 1. The van der Waals surface area contributed by atoms with E-state index in [1.807, 2.05) is 42.5 Å². The van der Waals surface area contributed by atoms with Crippen molar-refractivity contribution in [2.45, 2.75) is 11.4 Å². The second kappa shape index (κ2) is 10.6. The molecular weight excluding hydrogens is 608 g/mol. The number of carbonyl (C=O) groups excluding carboxylic acids is 2. The molecule has 0 aromatic heterocycles. The van der Waals surface area contributed by atoms with Crippen molar-refractivity contribution in [1.29, 1.82) is 0 Å². The molecule has 2 amide bonds. The largest absolute Gasteiger partial charge is 0.378 e. The van der Waals surface area contributed by atoms with Crippen molar-refractivity contribution in [2.75, 3.05) is 0 Å². The molecule has 39 heavy (non-hydrogen) atoms. The summed E-state index contributed by atoms with van der Waals surface area (Å²) < 4.78 is 30.7. The monoisotopic (exact) mass is 624 g/mol. The van der Waals surface area contributed by atoms with Crippen LogP contribution in [-0.4, -0.2) is 29.4 Å². The highest BCUT2D eigenvalue weighted by molar-refractivity contribution is 9.10. The van der Waals surface area contributed by atoms with E-state index in [0.717, 1.165) is 52.4 Å². The minimum Gasteiger partial charge on any atom is -0.378 e. The molecule has 9 nitrogen and oxygen atoms in total. The Morgan fingerprint density at radius 3 is 2.41 bits per heavy atom. The first-order valence-corrected chi connectivity index (χ1v) is 14.3. The van der Waals surface area contributed by atoms with Crippen molar-refractivity contribution in [3.8, 4) is 5.75 Å². The average Bonchev–Trinajstić information content (AvgIpc) is 3.17. The highest BCUT2D eigenvalue weighted by Crippen LogP contribution is 2.36. The van der Waals surface area contributed by atoms with E-state index < -0.39 is 20.9 Å². The Morgan fingerprint density at radius 2 is 1.69 bits per heavy atom. The molecule has 5 rings (SSSR count). The van der Waals surface area contributed by atoms with Gasteiger partial charge in [0.1, 0.15) is 4.90 Å². The summed E-state index contributed by atoms with van der Waals surface area (Å²) in [5.41, 5.74) is 1.15. The van der Waals surface area contributed by atoms with Crippen molar-refractivity contribution in [2.24, 2.45) is 0 Å². The van der Waals surface area contributed by atoms with Gasteiger partial charge in [0.05, 0.1) is 20.8 Å². The summed E-state index contributed by atoms with van der Waals surface area (Å²) in [7, 11) is -4.26. The number of imide groups is 1. The Morgan fingerprint density at radius 1 is 0.974 bits per heavy atom. The molecule has 0 aliphatic carbocycles. The van der Waals surface area contributed by atoms with E-state index in [2.05, 4.69) is 15.9 Å². The fraction of sp³-hybridized carbons (Fsp3) is 0.0370. The average molecular weight is 625 g/mol. The fourth-order valence-electron chi connectivity index (χ4n) is 3.96. The topological polar surface area (TPSA) is 124 Å². The van der Waals surface area contributed by atoms with E-state index in [1.165, 1.54) is 11.0 Å². The first-order chi connectivity index (χ1) is 18.6. The number of non-ortho nitro benzene ring substituents is 1. The first kappa shape index (κ1) is 26.6. The minimum absolute atomic E-state index is 0.0189. The van der Waals surface area contributed by atoms with Gasteiger partial charge in [-0.3, -0.25) is 24.6 Å². The van der Waals surface area contributed by atoms with Crippen LogP contribution in [0.3, 0.4) is 0 Å². The molecule has 1 fully saturated rings. The van der Waals surface area contributed by atoms with Crippen LogP contribution in [0.25, 0.3) is 16.8 Å². The lowest BCUT2D eigenvalue weighted by Crippen LogP contribution is -2.27. The van der Waals surface area contributed by atoms with Gasteiger partial charge in [0.2, 0.25) is 0 Å². The van der Waals surface area contributed by atoms with Crippen LogP contribution in [0.2, 0.25) is 0 Å². The molecule has 196 valence electrons. The predicted molar refractivity (Wildman–Crippen MR) is 151 cm³/mol. The quantitative estimate of drug-likeness (QED) is 0.0985. The van der Waals surface area contributed by atoms with Crippen LogP contribution in [0.5, 0.6) is 5.75 Å². The predicted octanol–water partition coefficient (Wildman–Crippen LogP) is 6.51. The summed E-state index contributed by atoms with van der Waals surface area (Å²) in [5, 5.41) is 12.4. The number of hydrogen-bond donors (Lipinski definition) is 0. The van der Waals surface area contributed by atoms with Gasteiger partial charge in [0, 0.05) is 12.1 Å². The Balaban J connectivity index is 1.33. The second-order valence-corrected chi connectivity index (χ2v) is 11.8. The third-order valence-electron chi connectivity index (χ3n) is 5.87. The number of benzene rings is 4. The lowest BCUT2D eigenvalue weighted by molar-refractivity contribution is -0.384. The Hall–Kier alpha value is -4.00. The molecule has 1 saturated heterocycles. The number of amides is 2. The normalized spacial score (nSPS) is 14.8. The van der Waals surface area contributed by atoms with Crippen LogP contribution in [0.4, 0.5) is 10.5 Å². The highest BCUT2D eigenvalue weighted by atomic mass is 79.9. The van der Waals surface area contributed by atoms with Gasteiger partial charge in [-0.25, -0.2) is 0 Å². The molecule has 0 spiro atoms. The number of nitro benzene ring substituents is 1. The summed E-state index contributed by atoms with van der Waals surface area (Å²) in [6.45, 7) is 0.139. The second-order valence-electron chi connectivity index (χ2n) is 8.38. The van der Waals surface area contributed by atoms with Crippen molar-refractivity contribution in [3.05, 3.63) is 116 Å². The molecule has 0 unspecified atom stereocenters. The van der Waals surface area contributed by atoms with Crippen LogP contribution in [-0.2, 0) is 21.5 Å². The summed E-state index contributed by atoms with van der Waals surface area (Å²) >= 11 is 4.11. The minimum atomic E-state index is -4.26. The van der Waals surface area contributed by atoms with Crippen LogP contribution < -0.4 is 4.18 Å². The first-order valence-electron chi connectivity index (χ1n) is 11.3. The van der Waals surface area contributed by atoms with Gasteiger partial charge in [-0.2, -0.15) is 8.42 Å². The summed E-state index contributed by atoms with van der Waals surface area (Å²) in [4.78, 5) is 37.1. The van der Waals surface area contributed by atoms with Gasteiger partial charge in [0.15, 0.2) is 5.75 Å². The number of thioether (sulfide) groups is 1. The lowest BCUT2D eigenvalue weighted by atomic mass is 10.0. The third-order valence-corrected chi connectivity index (χ3v) is 8.65. The maximum absolute atomic E-state index is 13.1. The maximum atomic E-state index is 13.1. The van der Waals surface area contributed by atoms with Crippen molar-refractivity contribution in [1.82, 2.24) is 4.90 Å². The van der Waals surface area contributed by atoms with Crippen molar-refractivity contribution < 1.29 is 27.1 Å². The van der Waals surface area contributed by atoms with Crippen LogP contribution in [0, 0.1) is 10.1 Å². The molecule has 4 aromatic carbocycles. The zero-order valence-corrected chi connectivity index (χ0v) is 23.0. The van der Waals surface area contributed by atoms with Crippen molar-refractivity contribution in [3.63, 3.8) is 0 Å². The van der Waals surface area contributed by atoms with E-state index in [1.54, 1.807) is 18.2 Å². The van der Waals surface area contributed by atoms with Crippen molar-refractivity contribution >= 4 is 71.5 Å². The number of rotatable bonds is 7. The highest BCUT2D eigenvalue weighted by Gasteiger charge is 2.35. The maximum Gasteiger partial charge on any atom is 0.339 e. The van der Waals surface area contributed by atoms with Gasteiger partial charge in [-0.1, -0.05) is 48.5 Å². The number of carbonyl (C=O) groups is 2. The van der Waals surface area contributed by atoms with E-state index in [9.17, 15) is 28.1 Å². The van der Waals surface area contributed by atoms with E-state index in [-0.39, 0.29) is 37.5 Å². The molecule has 0 radical (unpaired) electrons. The lowest BCUT2D eigenvalue weighted by Gasteiger charge is -2.14. The molecule has 1 aliphatic heterocycles. The third kappa shape index (κ3) is 5.58. The standard InChI is InChI=1S/C27H17BrN2O7S2/c28-23-14-17(8-13-24(23)37-39(35,36)21-11-9-20(10-12-21)30(33)34)15-25-26(31)29(27(32)38-25)16-19-6-3-5-18-4-1-2-7-22(18)19/h1-15H,16H2/b25-15-. The van der Waals surface area contributed by atoms with E-state index >= 15 is 0 Å². The Kier molecular flexibility index (Phi) is 7.25. The summed E-state index contributed by atoms with van der Waals surface area (Å²) in [6.07, 6.45) is 1.55. The van der Waals surface area contributed by atoms with Crippen LogP contribution >= 0.6 is 27.7 Å². The Bertz CT molecular complexity index is 1780. The summed E-state index contributed by atoms with van der Waals surface area (Å²) in [5.74, 6) is -0.440. The zero-order chi connectivity index (χ0) is 27.7. The number of nitrogens with zero attached hydrogens (tertiary/aromatic N) is 2. The smallest absolute Gasteiger partial charge is 0.339 e. The molecule has 0 atom stereocenters. The molecule has 12 heteroatoms. The van der Waals surface area contributed by atoms with Crippen LogP contribution in [0.15, 0.2) is 99.2 Å². The van der Waals surface area contributed by atoms with E-state index in [4.69, 9.17) is 4.18 Å². The van der Waals surface area contributed by atoms with Crippen LogP contribution in [0.1, 0.15) is 11.1 Å². The molecule has 1 aliphatic rings. The molecular formula is C27H17BrN2O7S2. The number of fused-ring (bicyclic) bond motifs is 1. The Labute approximate surface area is 235 Å². The van der Waals surface area contributed by atoms with Gasteiger partial charge < -0.3 is 4.18 Å². The SMILES string of the molecule is O=C1S/C(=C\c2ccc(OS(=O)(=O)c3ccc([N+](=O)[O-])cc3)c(Br)c2)C(=O)N1Cc1cccc2ccccc12. The zero-order valence-electron chi connectivity index (χ0n) is 19.8. The van der Waals surface area contributed by atoms with Gasteiger partial charge >= 0.3 is 10.1 Å². The number of nitro groups is 1. The molecule has 4 aromatic rings. The van der Waals surface area contributed by atoms with Gasteiger partial charge in [-0.15, -0.1) is 0 Å². The number of hydrogen-bond acceptors (Lipinski definition) is 8.